The van der Waals surface area contributed by atoms with E-state index in [4.69, 9.17) is 10.00 Å². The molecular weight excluding hydrogens is 146 g/mol. The first-order valence-corrected chi connectivity index (χ1v) is 3.95. The number of nitriles is 1. The number of unbranched alkanes of at least 4 members (excludes halogenated alkanes) is 2. The summed E-state index contributed by atoms with van der Waals surface area (Å²) in [5.41, 5.74) is 0.0158. The average Bonchev–Trinajstić information content (AvgIpc) is 1.87. The van der Waals surface area contributed by atoms with Crippen LogP contribution < -0.4 is 0 Å². The Morgan fingerprint density at radius 1 is 1.60 bits per heavy atom. The van der Waals surface area contributed by atoms with Crippen molar-refractivity contribution in [1.82, 2.24) is 0 Å². The van der Waals surface area contributed by atoms with Crippen molar-refractivity contribution in [3.63, 3.8) is 0 Å². The predicted octanol–water partition coefficient (Wildman–Crippen LogP) is 1.97. The lowest BCUT2D eigenvalue weighted by Gasteiger charge is -2.04. The van der Waals surface area contributed by atoms with Crippen molar-refractivity contribution in [1.29, 1.82) is 5.26 Å². The molecule has 0 aromatic heterocycles. The Bertz CT molecular complexity index is 109. The van der Waals surface area contributed by atoms with Gasteiger partial charge in [-0.25, -0.2) is 0 Å². The normalized spacial score (nSPS) is 12.5. The minimum atomic E-state index is 0.0158. The minimum absolute atomic E-state index is 0.0158. The van der Waals surface area contributed by atoms with Crippen molar-refractivity contribution >= 4 is 12.6 Å². The second-order valence-electron chi connectivity index (χ2n) is 2.09. The summed E-state index contributed by atoms with van der Waals surface area (Å²) in [6.07, 6.45) is 2.51. The largest absolute Gasteiger partial charge is 0.368 e. The fraction of sp³-hybridized carbons (Fsp3) is 0.857. The van der Waals surface area contributed by atoms with E-state index in [0.29, 0.717) is 13.0 Å². The zero-order chi connectivity index (χ0) is 7.82. The fourth-order valence-corrected chi connectivity index (χ4v) is 0.665. The van der Waals surface area contributed by atoms with Crippen LogP contribution in [0.25, 0.3) is 0 Å². The Morgan fingerprint density at radius 3 is 2.80 bits per heavy atom. The van der Waals surface area contributed by atoms with Gasteiger partial charge in [-0.2, -0.15) is 5.26 Å². The van der Waals surface area contributed by atoms with Crippen molar-refractivity contribution in [2.24, 2.45) is 0 Å². The van der Waals surface area contributed by atoms with E-state index in [0.717, 1.165) is 12.8 Å². The highest BCUT2D eigenvalue weighted by molar-refractivity contribution is 7.80. The van der Waals surface area contributed by atoms with E-state index in [1.165, 1.54) is 0 Å². The lowest BCUT2D eigenvalue weighted by Crippen LogP contribution is -2.00. The monoisotopic (exact) mass is 159 g/mol. The molecule has 0 aromatic carbocycles. The lowest BCUT2D eigenvalue weighted by atomic mass is 10.3. The molecule has 1 unspecified atom stereocenters. The van der Waals surface area contributed by atoms with Crippen LogP contribution in [0.3, 0.4) is 0 Å². The topological polar surface area (TPSA) is 33.0 Å². The highest BCUT2D eigenvalue weighted by Gasteiger charge is 1.92. The molecule has 0 amide bonds. The highest BCUT2D eigenvalue weighted by atomic mass is 32.1. The zero-order valence-electron chi connectivity index (χ0n) is 6.21. The molecule has 0 saturated carbocycles. The van der Waals surface area contributed by atoms with Gasteiger partial charge >= 0.3 is 0 Å². The van der Waals surface area contributed by atoms with Crippen LogP contribution in [0.4, 0.5) is 0 Å². The molecule has 0 fully saturated rings. The van der Waals surface area contributed by atoms with Crippen molar-refractivity contribution < 1.29 is 4.74 Å². The number of hydrogen-bond acceptors (Lipinski definition) is 3. The van der Waals surface area contributed by atoms with Gasteiger partial charge < -0.3 is 4.74 Å². The molecule has 0 spiro atoms. The van der Waals surface area contributed by atoms with Crippen molar-refractivity contribution in [2.45, 2.75) is 31.6 Å². The smallest absolute Gasteiger partial charge is 0.0971 e. The Morgan fingerprint density at radius 2 is 2.30 bits per heavy atom. The summed E-state index contributed by atoms with van der Waals surface area (Å²) in [5, 5.41) is 8.17. The summed E-state index contributed by atoms with van der Waals surface area (Å²) in [6, 6.07) is 2.08. The summed E-state index contributed by atoms with van der Waals surface area (Å²) in [7, 11) is 0. The van der Waals surface area contributed by atoms with Crippen molar-refractivity contribution in [2.75, 3.05) is 6.61 Å². The Hall–Kier alpha value is -0.200. The number of rotatable bonds is 5. The molecular formula is C7H13NOS. The van der Waals surface area contributed by atoms with Gasteiger partial charge in [0.2, 0.25) is 0 Å². The molecule has 0 saturated heterocycles. The van der Waals surface area contributed by atoms with E-state index in [9.17, 15) is 0 Å². The average molecular weight is 159 g/mol. The van der Waals surface area contributed by atoms with E-state index < -0.39 is 0 Å². The van der Waals surface area contributed by atoms with Crippen LogP contribution in [0.5, 0.6) is 0 Å². The second kappa shape index (κ2) is 6.91. The van der Waals surface area contributed by atoms with Gasteiger partial charge in [-0.05, 0) is 19.8 Å². The molecule has 0 aliphatic rings. The third-order valence-corrected chi connectivity index (χ3v) is 1.19. The molecule has 58 valence electrons. The van der Waals surface area contributed by atoms with E-state index in [1.807, 2.05) is 6.92 Å². The molecule has 0 aliphatic heterocycles. The maximum Gasteiger partial charge on any atom is 0.0971 e. The second-order valence-corrected chi connectivity index (χ2v) is 2.81. The van der Waals surface area contributed by atoms with Gasteiger partial charge in [0, 0.05) is 13.0 Å². The van der Waals surface area contributed by atoms with E-state index in [-0.39, 0.29) is 5.44 Å². The molecule has 0 rings (SSSR count). The SMILES string of the molecule is CC(S)OCCCCC#N. The number of ether oxygens (including phenoxy) is 1. The summed E-state index contributed by atoms with van der Waals surface area (Å²) in [6.45, 7) is 2.60. The molecule has 0 N–H and O–H groups in total. The molecule has 0 aromatic rings. The maximum atomic E-state index is 8.17. The first kappa shape index (κ1) is 9.80. The maximum absolute atomic E-state index is 8.17. The van der Waals surface area contributed by atoms with Crippen LogP contribution in [0.2, 0.25) is 0 Å². The lowest BCUT2D eigenvalue weighted by molar-refractivity contribution is 0.122. The van der Waals surface area contributed by atoms with Gasteiger partial charge in [0.05, 0.1) is 11.5 Å². The fourth-order valence-electron chi connectivity index (χ4n) is 0.560. The Labute approximate surface area is 67.6 Å². The van der Waals surface area contributed by atoms with Gasteiger partial charge in [0.25, 0.3) is 0 Å². The third kappa shape index (κ3) is 7.80. The van der Waals surface area contributed by atoms with Gasteiger partial charge in [0.1, 0.15) is 0 Å². The van der Waals surface area contributed by atoms with Gasteiger partial charge in [-0.3, -0.25) is 0 Å². The summed E-state index contributed by atoms with van der Waals surface area (Å²) in [4.78, 5) is 0. The van der Waals surface area contributed by atoms with Crippen molar-refractivity contribution in [3.05, 3.63) is 0 Å². The number of hydrogen-bond donors (Lipinski definition) is 1. The predicted molar refractivity (Wildman–Crippen MR) is 43.9 cm³/mol. The summed E-state index contributed by atoms with van der Waals surface area (Å²) in [5.74, 6) is 0. The van der Waals surface area contributed by atoms with E-state index >= 15 is 0 Å². The molecule has 1 atom stereocenters. The van der Waals surface area contributed by atoms with Crippen LogP contribution in [-0.2, 0) is 4.74 Å². The van der Waals surface area contributed by atoms with Crippen LogP contribution in [-0.4, -0.2) is 12.0 Å². The Kier molecular flexibility index (Phi) is 6.78. The molecule has 0 bridgehead atoms. The molecule has 0 radical (unpaired) electrons. The van der Waals surface area contributed by atoms with Gasteiger partial charge in [0.15, 0.2) is 0 Å². The van der Waals surface area contributed by atoms with Gasteiger partial charge in [-0.1, -0.05) is 0 Å². The number of nitrogens with zero attached hydrogens (tertiary/aromatic N) is 1. The molecule has 10 heavy (non-hydrogen) atoms. The summed E-state index contributed by atoms with van der Waals surface area (Å²) < 4.78 is 5.14. The molecule has 2 nitrogen and oxygen atoms in total. The van der Waals surface area contributed by atoms with E-state index in [1.54, 1.807) is 0 Å². The molecule has 3 heteroatoms. The van der Waals surface area contributed by atoms with Crippen LogP contribution in [0, 0.1) is 11.3 Å². The first-order valence-electron chi connectivity index (χ1n) is 3.44. The van der Waals surface area contributed by atoms with Crippen molar-refractivity contribution in [3.8, 4) is 6.07 Å². The van der Waals surface area contributed by atoms with Crippen LogP contribution >= 0.6 is 12.6 Å². The van der Waals surface area contributed by atoms with Crippen LogP contribution in [0.1, 0.15) is 26.2 Å². The number of thiol groups is 1. The molecule has 0 aliphatic carbocycles. The third-order valence-electron chi connectivity index (χ3n) is 1.04. The van der Waals surface area contributed by atoms with Crippen LogP contribution in [0.15, 0.2) is 0 Å². The zero-order valence-corrected chi connectivity index (χ0v) is 7.10. The van der Waals surface area contributed by atoms with E-state index in [2.05, 4.69) is 18.7 Å². The summed E-state index contributed by atoms with van der Waals surface area (Å²) >= 11 is 4.04. The standard InChI is InChI=1S/C7H13NOS/c1-7(10)9-6-4-2-3-5-8/h7,10H,2-4,6H2,1H3. The Balaban J connectivity index is 2.86. The highest BCUT2D eigenvalue weighted by Crippen LogP contribution is 1.99. The van der Waals surface area contributed by atoms with Gasteiger partial charge in [-0.15, -0.1) is 12.6 Å². The first-order chi connectivity index (χ1) is 4.77. The molecule has 0 heterocycles. The minimum Gasteiger partial charge on any atom is -0.368 e. The quantitative estimate of drug-likeness (QED) is 0.378.